The molecule has 12 heavy (non-hydrogen) atoms. The second-order valence-electron chi connectivity index (χ2n) is 2.51. The summed E-state index contributed by atoms with van der Waals surface area (Å²) in [6.45, 7) is 1.05. The summed E-state index contributed by atoms with van der Waals surface area (Å²) in [6, 6.07) is 1.18. The molecule has 1 aromatic heterocycles. The number of nitrogen functional groups attached to an aromatic ring is 1. The molecule has 1 aromatic rings. The van der Waals surface area contributed by atoms with Gasteiger partial charge in [-0.2, -0.15) is 18.3 Å². The molecule has 0 aliphatic heterocycles. The van der Waals surface area contributed by atoms with E-state index in [-0.39, 0.29) is 11.5 Å². The van der Waals surface area contributed by atoms with Crippen LogP contribution in [-0.2, 0) is 0 Å². The average Bonchev–Trinajstić information content (AvgIpc) is 2.32. The van der Waals surface area contributed by atoms with Crippen molar-refractivity contribution >= 4 is 5.82 Å². The zero-order chi connectivity index (χ0) is 9.35. The van der Waals surface area contributed by atoms with Crippen molar-refractivity contribution in [2.75, 3.05) is 5.73 Å². The van der Waals surface area contributed by atoms with Gasteiger partial charge in [0.05, 0.1) is 5.92 Å². The van der Waals surface area contributed by atoms with Crippen molar-refractivity contribution in [1.29, 1.82) is 0 Å². The van der Waals surface area contributed by atoms with Gasteiger partial charge in [-0.25, -0.2) is 0 Å². The van der Waals surface area contributed by atoms with Crippen LogP contribution in [0.3, 0.4) is 0 Å². The van der Waals surface area contributed by atoms with Gasteiger partial charge in [-0.3, -0.25) is 5.10 Å². The molecule has 0 radical (unpaired) electrons. The highest BCUT2D eigenvalue weighted by Gasteiger charge is 2.38. The number of alkyl halides is 3. The van der Waals surface area contributed by atoms with E-state index in [1.165, 1.54) is 6.07 Å². The molecule has 3 N–H and O–H groups in total. The Hall–Kier alpha value is -1.20. The number of halogens is 3. The molecule has 0 spiro atoms. The molecule has 1 rings (SSSR count). The molecular weight excluding hydrogens is 171 g/mol. The maximum Gasteiger partial charge on any atom is 0.396 e. The van der Waals surface area contributed by atoms with Gasteiger partial charge in [0.2, 0.25) is 0 Å². The lowest BCUT2D eigenvalue weighted by atomic mass is 10.1. The molecule has 0 aliphatic rings. The fourth-order valence-corrected chi connectivity index (χ4v) is 0.751. The molecule has 0 amide bonds. The third kappa shape index (κ3) is 1.69. The van der Waals surface area contributed by atoms with Crippen molar-refractivity contribution in [2.45, 2.75) is 19.0 Å². The summed E-state index contributed by atoms with van der Waals surface area (Å²) in [6.07, 6.45) is -4.25. The van der Waals surface area contributed by atoms with Crippen LogP contribution >= 0.6 is 0 Å². The van der Waals surface area contributed by atoms with Crippen LogP contribution in [0.4, 0.5) is 19.0 Å². The van der Waals surface area contributed by atoms with E-state index in [0.717, 1.165) is 6.92 Å². The number of aromatic amines is 1. The summed E-state index contributed by atoms with van der Waals surface area (Å²) in [5, 5.41) is 5.62. The lowest BCUT2D eigenvalue weighted by Crippen LogP contribution is -2.17. The summed E-state index contributed by atoms with van der Waals surface area (Å²) in [4.78, 5) is 0. The molecule has 1 atom stereocenters. The Morgan fingerprint density at radius 2 is 2.17 bits per heavy atom. The molecule has 0 aromatic carbocycles. The fourth-order valence-electron chi connectivity index (χ4n) is 0.751. The molecule has 3 nitrogen and oxygen atoms in total. The Balaban J connectivity index is 2.85. The summed E-state index contributed by atoms with van der Waals surface area (Å²) < 4.78 is 36.2. The molecule has 0 saturated carbocycles. The van der Waals surface area contributed by atoms with Gasteiger partial charge in [0.25, 0.3) is 0 Å². The molecule has 6 heteroatoms. The molecule has 0 aliphatic carbocycles. The number of hydrogen-bond acceptors (Lipinski definition) is 2. The largest absolute Gasteiger partial charge is 0.396 e. The third-order valence-corrected chi connectivity index (χ3v) is 1.57. The topological polar surface area (TPSA) is 54.7 Å². The van der Waals surface area contributed by atoms with Crippen molar-refractivity contribution in [2.24, 2.45) is 0 Å². The van der Waals surface area contributed by atoms with E-state index < -0.39 is 12.1 Å². The quantitative estimate of drug-likeness (QED) is 0.688. The minimum atomic E-state index is -4.25. The number of H-pyrrole nitrogens is 1. The monoisotopic (exact) mass is 179 g/mol. The van der Waals surface area contributed by atoms with E-state index in [2.05, 4.69) is 10.2 Å². The number of nitrogens with one attached hydrogen (secondary N) is 1. The summed E-state index contributed by atoms with van der Waals surface area (Å²) in [7, 11) is 0. The smallest absolute Gasteiger partial charge is 0.382 e. The van der Waals surface area contributed by atoms with Crippen LogP contribution in [0.2, 0.25) is 0 Å². The number of anilines is 1. The molecule has 68 valence electrons. The Morgan fingerprint density at radius 1 is 1.58 bits per heavy atom. The Morgan fingerprint density at radius 3 is 2.50 bits per heavy atom. The van der Waals surface area contributed by atoms with Gasteiger partial charge in [-0.1, -0.05) is 0 Å². The van der Waals surface area contributed by atoms with E-state index in [4.69, 9.17) is 5.73 Å². The summed E-state index contributed by atoms with van der Waals surface area (Å²) in [5.41, 5.74) is 5.14. The first-order valence-corrected chi connectivity index (χ1v) is 3.28. The minimum Gasteiger partial charge on any atom is -0.382 e. The standard InChI is InChI=1S/C6H8F3N3/c1-3(6(7,8)9)4-2-5(10)12-11-4/h2-3H,1H3,(H3,10,11,12). The Labute approximate surface area is 66.8 Å². The zero-order valence-electron chi connectivity index (χ0n) is 6.31. The van der Waals surface area contributed by atoms with E-state index in [9.17, 15) is 13.2 Å². The van der Waals surface area contributed by atoms with Crippen LogP contribution in [0.5, 0.6) is 0 Å². The summed E-state index contributed by atoms with van der Waals surface area (Å²) >= 11 is 0. The lowest BCUT2D eigenvalue weighted by Gasteiger charge is -2.12. The lowest BCUT2D eigenvalue weighted by molar-refractivity contribution is -0.147. The van der Waals surface area contributed by atoms with Crippen LogP contribution in [0, 0.1) is 0 Å². The van der Waals surface area contributed by atoms with Crippen molar-refractivity contribution in [3.05, 3.63) is 11.8 Å². The number of rotatable bonds is 1. The van der Waals surface area contributed by atoms with E-state index in [0.29, 0.717) is 0 Å². The molecule has 1 unspecified atom stereocenters. The van der Waals surface area contributed by atoms with Crippen LogP contribution < -0.4 is 5.73 Å². The van der Waals surface area contributed by atoms with Gasteiger partial charge in [-0.05, 0) is 6.92 Å². The highest BCUT2D eigenvalue weighted by molar-refractivity contribution is 5.30. The normalized spacial score (nSPS) is 14.7. The fraction of sp³-hybridized carbons (Fsp3) is 0.500. The predicted octanol–water partition coefficient (Wildman–Crippen LogP) is 1.66. The SMILES string of the molecule is CC(c1cc(N)n[nH]1)C(F)(F)F. The van der Waals surface area contributed by atoms with Gasteiger partial charge >= 0.3 is 6.18 Å². The van der Waals surface area contributed by atoms with E-state index >= 15 is 0 Å². The number of nitrogens with zero attached hydrogens (tertiary/aromatic N) is 1. The molecule has 0 bridgehead atoms. The highest BCUT2D eigenvalue weighted by atomic mass is 19.4. The first-order chi connectivity index (χ1) is 5.41. The van der Waals surface area contributed by atoms with Gasteiger partial charge in [0, 0.05) is 11.8 Å². The maximum absolute atomic E-state index is 12.1. The number of aromatic nitrogens is 2. The molecule has 1 heterocycles. The molecular formula is C6H8F3N3. The first kappa shape index (κ1) is 8.89. The van der Waals surface area contributed by atoms with E-state index in [1.54, 1.807) is 0 Å². The minimum absolute atomic E-state index is 0.0139. The van der Waals surface area contributed by atoms with Gasteiger partial charge in [0.1, 0.15) is 5.82 Å². The van der Waals surface area contributed by atoms with Crippen molar-refractivity contribution < 1.29 is 13.2 Å². The zero-order valence-corrected chi connectivity index (χ0v) is 6.31. The Bertz CT molecular complexity index is 265. The second kappa shape index (κ2) is 2.69. The molecule has 0 saturated heterocycles. The molecule has 0 fully saturated rings. The van der Waals surface area contributed by atoms with Crippen LogP contribution in [0.1, 0.15) is 18.5 Å². The van der Waals surface area contributed by atoms with Crippen LogP contribution in [-0.4, -0.2) is 16.4 Å². The van der Waals surface area contributed by atoms with Crippen molar-refractivity contribution in [3.8, 4) is 0 Å². The summed E-state index contributed by atoms with van der Waals surface area (Å²) in [5.74, 6) is -1.48. The maximum atomic E-state index is 12.1. The van der Waals surface area contributed by atoms with Gasteiger partial charge in [0.15, 0.2) is 0 Å². The number of hydrogen-bond donors (Lipinski definition) is 2. The highest BCUT2D eigenvalue weighted by Crippen LogP contribution is 2.33. The third-order valence-electron chi connectivity index (χ3n) is 1.57. The van der Waals surface area contributed by atoms with Gasteiger partial charge in [-0.15, -0.1) is 0 Å². The Kier molecular flexibility index (Phi) is 1.99. The first-order valence-electron chi connectivity index (χ1n) is 3.28. The van der Waals surface area contributed by atoms with Crippen LogP contribution in [0.15, 0.2) is 6.07 Å². The van der Waals surface area contributed by atoms with Gasteiger partial charge < -0.3 is 5.73 Å². The van der Waals surface area contributed by atoms with Crippen molar-refractivity contribution in [1.82, 2.24) is 10.2 Å². The van der Waals surface area contributed by atoms with E-state index in [1.807, 2.05) is 0 Å². The van der Waals surface area contributed by atoms with Crippen molar-refractivity contribution in [3.63, 3.8) is 0 Å². The predicted molar refractivity (Wildman–Crippen MR) is 37.5 cm³/mol. The van der Waals surface area contributed by atoms with Crippen LogP contribution in [0.25, 0.3) is 0 Å². The average molecular weight is 179 g/mol. The number of nitrogens with two attached hydrogens (primary N) is 1. The second-order valence-corrected chi connectivity index (χ2v) is 2.51.